The van der Waals surface area contributed by atoms with Crippen molar-refractivity contribution in [1.29, 1.82) is 0 Å². The summed E-state index contributed by atoms with van der Waals surface area (Å²) in [6.07, 6.45) is 11.9. The molecule has 5 nitrogen and oxygen atoms in total. The van der Waals surface area contributed by atoms with Crippen molar-refractivity contribution in [3.63, 3.8) is 0 Å². The zero-order valence-electron chi connectivity index (χ0n) is 14.5. The molecule has 23 heavy (non-hydrogen) atoms. The van der Waals surface area contributed by atoms with Crippen molar-refractivity contribution in [2.75, 3.05) is 0 Å². The molecule has 5 heteroatoms. The van der Waals surface area contributed by atoms with Gasteiger partial charge in [0.2, 0.25) is 0 Å². The Bertz CT molecular complexity index is 317. The molecule has 2 atom stereocenters. The topological polar surface area (TPSA) is 94.8 Å². The van der Waals surface area contributed by atoms with Gasteiger partial charge in [-0.25, -0.2) is 0 Å². The minimum Gasteiger partial charge on any atom is -0.481 e. The van der Waals surface area contributed by atoms with Gasteiger partial charge in [0.25, 0.3) is 0 Å². The first-order valence-corrected chi connectivity index (χ1v) is 9.11. The normalized spacial score (nSPS) is 13.7. The molecule has 0 aliphatic rings. The van der Waals surface area contributed by atoms with Crippen molar-refractivity contribution in [3.8, 4) is 0 Å². The molecule has 2 unspecified atom stereocenters. The number of unbranched alkanes of at least 4 members (excludes halogenated alkanes) is 10. The van der Waals surface area contributed by atoms with Crippen LogP contribution in [0.15, 0.2) is 0 Å². The Morgan fingerprint density at radius 2 is 1.22 bits per heavy atom. The van der Waals surface area contributed by atoms with Crippen LogP contribution in [0.1, 0.15) is 90.4 Å². The summed E-state index contributed by atoms with van der Waals surface area (Å²) < 4.78 is 0. The summed E-state index contributed by atoms with van der Waals surface area (Å²) in [6.45, 7) is 2.22. The molecule has 0 aromatic heterocycles. The second-order valence-corrected chi connectivity index (χ2v) is 6.43. The Kier molecular flexibility index (Phi) is 13.8. The van der Waals surface area contributed by atoms with Gasteiger partial charge in [-0.05, 0) is 6.42 Å². The third kappa shape index (κ3) is 13.1. The van der Waals surface area contributed by atoms with Gasteiger partial charge in [0.05, 0.1) is 18.4 Å². The number of rotatable bonds is 16. The smallest absolute Gasteiger partial charge is 0.309 e. The summed E-state index contributed by atoms with van der Waals surface area (Å²) in [5, 5.41) is 27.4. The van der Waals surface area contributed by atoms with Crippen molar-refractivity contribution in [3.05, 3.63) is 0 Å². The van der Waals surface area contributed by atoms with Crippen LogP contribution in [0.4, 0.5) is 0 Å². The Balaban J connectivity index is 3.55. The number of hydrogen-bond acceptors (Lipinski definition) is 3. The Labute approximate surface area is 140 Å². The van der Waals surface area contributed by atoms with Gasteiger partial charge in [0.15, 0.2) is 0 Å². The van der Waals surface area contributed by atoms with Gasteiger partial charge in [-0.2, -0.15) is 0 Å². The van der Waals surface area contributed by atoms with Gasteiger partial charge in [-0.3, -0.25) is 9.59 Å². The average Bonchev–Trinajstić information content (AvgIpc) is 2.49. The molecule has 0 saturated heterocycles. The van der Waals surface area contributed by atoms with Crippen LogP contribution < -0.4 is 0 Å². The van der Waals surface area contributed by atoms with Crippen LogP contribution in [0.3, 0.4) is 0 Å². The highest BCUT2D eigenvalue weighted by Crippen LogP contribution is 2.17. The average molecular weight is 330 g/mol. The minimum atomic E-state index is -1.23. The molecular formula is C18H34O5. The van der Waals surface area contributed by atoms with Crippen LogP contribution in [0, 0.1) is 5.92 Å². The second-order valence-electron chi connectivity index (χ2n) is 6.43. The lowest BCUT2D eigenvalue weighted by atomic mass is 9.94. The van der Waals surface area contributed by atoms with Crippen molar-refractivity contribution in [2.24, 2.45) is 5.92 Å². The lowest BCUT2D eigenvalue weighted by molar-refractivity contribution is -0.152. The van der Waals surface area contributed by atoms with Gasteiger partial charge in [-0.15, -0.1) is 0 Å². The van der Waals surface area contributed by atoms with E-state index >= 15 is 0 Å². The van der Waals surface area contributed by atoms with Crippen LogP contribution >= 0.6 is 0 Å². The molecule has 136 valence electrons. The zero-order chi connectivity index (χ0) is 17.5. The number of carboxylic acid groups (broad SMARTS) is 2. The Hall–Kier alpha value is -1.10. The lowest BCUT2D eigenvalue weighted by Crippen LogP contribution is -2.30. The molecule has 0 spiro atoms. The van der Waals surface area contributed by atoms with Crippen molar-refractivity contribution < 1.29 is 24.9 Å². The first-order chi connectivity index (χ1) is 11.0. The third-order valence-corrected chi connectivity index (χ3v) is 4.28. The number of aliphatic carboxylic acids is 2. The van der Waals surface area contributed by atoms with Crippen LogP contribution in [0.25, 0.3) is 0 Å². The lowest BCUT2D eigenvalue weighted by Gasteiger charge is -2.17. The number of aliphatic hydroxyl groups excluding tert-OH is 1. The highest BCUT2D eigenvalue weighted by molar-refractivity contribution is 5.78. The Morgan fingerprint density at radius 1 is 0.783 bits per heavy atom. The number of hydrogen-bond donors (Lipinski definition) is 3. The van der Waals surface area contributed by atoms with Gasteiger partial charge >= 0.3 is 11.9 Å². The standard InChI is InChI=1S/C18H34O5/c1-2-3-4-5-6-7-8-9-10-11-12-13-16(19)15(18(22)23)14-17(20)21/h15-16,19H,2-14H2,1H3,(H,20,21)(H,22,23). The molecule has 0 fully saturated rings. The van der Waals surface area contributed by atoms with E-state index in [1.165, 1.54) is 51.4 Å². The predicted octanol–water partition coefficient (Wildman–Crippen LogP) is 4.22. The summed E-state index contributed by atoms with van der Waals surface area (Å²) in [6, 6.07) is 0. The van der Waals surface area contributed by atoms with Gasteiger partial charge < -0.3 is 15.3 Å². The van der Waals surface area contributed by atoms with Gasteiger partial charge in [0.1, 0.15) is 0 Å². The summed E-state index contributed by atoms with van der Waals surface area (Å²) in [7, 11) is 0. The molecule has 0 aliphatic heterocycles. The summed E-state index contributed by atoms with van der Waals surface area (Å²) in [5.74, 6) is -3.62. The van der Waals surface area contributed by atoms with E-state index < -0.39 is 30.4 Å². The predicted molar refractivity (Wildman–Crippen MR) is 90.5 cm³/mol. The van der Waals surface area contributed by atoms with Crippen LogP contribution in [0.2, 0.25) is 0 Å². The fourth-order valence-electron chi connectivity index (χ4n) is 2.79. The molecule has 0 rings (SSSR count). The maximum absolute atomic E-state index is 11.0. The molecule has 0 radical (unpaired) electrons. The highest BCUT2D eigenvalue weighted by Gasteiger charge is 2.28. The van der Waals surface area contributed by atoms with E-state index in [1.807, 2.05) is 0 Å². The number of aliphatic hydroxyl groups is 1. The van der Waals surface area contributed by atoms with Gasteiger partial charge in [0, 0.05) is 0 Å². The Morgan fingerprint density at radius 3 is 1.61 bits per heavy atom. The number of carboxylic acids is 2. The van der Waals surface area contributed by atoms with E-state index in [9.17, 15) is 14.7 Å². The van der Waals surface area contributed by atoms with Crippen molar-refractivity contribution in [2.45, 2.75) is 96.5 Å². The first kappa shape index (κ1) is 21.9. The SMILES string of the molecule is CCCCCCCCCCCCCC(O)C(CC(=O)O)C(=O)O. The minimum absolute atomic E-state index is 0.362. The number of carbonyl (C=O) groups is 2. The quantitative estimate of drug-likeness (QED) is 0.368. The molecule has 3 N–H and O–H groups in total. The van der Waals surface area contributed by atoms with E-state index in [-0.39, 0.29) is 0 Å². The summed E-state index contributed by atoms with van der Waals surface area (Å²) >= 11 is 0. The fourth-order valence-corrected chi connectivity index (χ4v) is 2.79. The molecule has 0 aromatic carbocycles. The fraction of sp³-hybridized carbons (Fsp3) is 0.889. The third-order valence-electron chi connectivity index (χ3n) is 4.28. The molecule has 0 aromatic rings. The largest absolute Gasteiger partial charge is 0.481 e. The molecule has 0 saturated carbocycles. The van der Waals surface area contributed by atoms with Crippen LogP contribution in [-0.2, 0) is 9.59 Å². The second kappa shape index (κ2) is 14.5. The van der Waals surface area contributed by atoms with Crippen molar-refractivity contribution >= 4 is 11.9 Å². The molecular weight excluding hydrogens is 296 g/mol. The maximum atomic E-state index is 11.0. The van der Waals surface area contributed by atoms with Gasteiger partial charge in [-0.1, -0.05) is 77.6 Å². The molecule has 0 heterocycles. The maximum Gasteiger partial charge on any atom is 0.309 e. The van der Waals surface area contributed by atoms with E-state index in [1.54, 1.807) is 0 Å². The first-order valence-electron chi connectivity index (χ1n) is 9.11. The van der Waals surface area contributed by atoms with Crippen molar-refractivity contribution in [1.82, 2.24) is 0 Å². The molecule has 0 bridgehead atoms. The summed E-state index contributed by atoms with van der Waals surface area (Å²) in [4.78, 5) is 21.6. The van der Waals surface area contributed by atoms with E-state index in [0.29, 0.717) is 6.42 Å². The van der Waals surface area contributed by atoms with E-state index in [4.69, 9.17) is 10.2 Å². The molecule has 0 amide bonds. The summed E-state index contributed by atoms with van der Waals surface area (Å²) in [5.41, 5.74) is 0. The highest BCUT2D eigenvalue weighted by atomic mass is 16.4. The molecule has 0 aliphatic carbocycles. The zero-order valence-corrected chi connectivity index (χ0v) is 14.5. The van der Waals surface area contributed by atoms with E-state index in [0.717, 1.165) is 19.3 Å². The monoisotopic (exact) mass is 330 g/mol. The van der Waals surface area contributed by atoms with E-state index in [2.05, 4.69) is 6.92 Å². The van der Waals surface area contributed by atoms with Crippen LogP contribution in [-0.4, -0.2) is 33.4 Å². The van der Waals surface area contributed by atoms with Crippen LogP contribution in [0.5, 0.6) is 0 Å².